The van der Waals surface area contributed by atoms with Crippen molar-refractivity contribution in [2.24, 2.45) is 0 Å². The van der Waals surface area contributed by atoms with Gasteiger partial charge in [-0.1, -0.05) is 38.5 Å². The Hall–Kier alpha value is -1.84. The van der Waals surface area contributed by atoms with Crippen LogP contribution in [0.2, 0.25) is 0 Å². The van der Waals surface area contributed by atoms with E-state index in [1.54, 1.807) is 0 Å². The molecule has 1 N–H and O–H groups in total. The number of esters is 1. The first kappa shape index (κ1) is 17.2. The van der Waals surface area contributed by atoms with E-state index in [1.165, 1.54) is 0 Å². The van der Waals surface area contributed by atoms with Gasteiger partial charge in [0.15, 0.2) is 0 Å². The summed E-state index contributed by atoms with van der Waals surface area (Å²) in [4.78, 5) is 23.3. The molecular formula is C17H25NO3. The van der Waals surface area contributed by atoms with E-state index in [9.17, 15) is 9.59 Å². The van der Waals surface area contributed by atoms with Gasteiger partial charge in [-0.3, -0.25) is 9.59 Å². The maximum Gasteiger partial charge on any atom is 0.305 e. The highest BCUT2D eigenvalue weighted by Gasteiger charge is 2.08. The van der Waals surface area contributed by atoms with Gasteiger partial charge in [-0.2, -0.15) is 0 Å². The molecule has 116 valence electrons. The summed E-state index contributed by atoms with van der Waals surface area (Å²) in [6.45, 7) is 4.58. The van der Waals surface area contributed by atoms with Gasteiger partial charge in [0.1, 0.15) is 0 Å². The predicted molar refractivity (Wildman–Crippen MR) is 84.2 cm³/mol. The quantitative estimate of drug-likeness (QED) is 0.557. The molecule has 1 amide bonds. The molecule has 0 spiro atoms. The maximum atomic E-state index is 11.9. The first-order valence-electron chi connectivity index (χ1n) is 7.70. The zero-order chi connectivity index (χ0) is 15.5. The van der Waals surface area contributed by atoms with Gasteiger partial charge >= 0.3 is 5.97 Å². The van der Waals surface area contributed by atoms with Crippen molar-refractivity contribution >= 4 is 17.6 Å². The lowest BCUT2D eigenvalue weighted by Gasteiger charge is -2.09. The summed E-state index contributed by atoms with van der Waals surface area (Å²) in [5.74, 6) is -0.275. The molecule has 0 aliphatic carbocycles. The number of benzene rings is 1. The van der Waals surface area contributed by atoms with Gasteiger partial charge in [0.25, 0.3) is 0 Å². The summed E-state index contributed by atoms with van der Waals surface area (Å²) in [5, 5.41) is 2.90. The average Bonchev–Trinajstić information content (AvgIpc) is 2.48. The van der Waals surface area contributed by atoms with Crippen molar-refractivity contribution in [2.75, 3.05) is 11.9 Å². The summed E-state index contributed by atoms with van der Waals surface area (Å²) >= 11 is 0. The van der Waals surface area contributed by atoms with E-state index in [-0.39, 0.29) is 11.9 Å². The molecule has 0 radical (unpaired) electrons. The van der Waals surface area contributed by atoms with Crippen molar-refractivity contribution < 1.29 is 14.3 Å². The smallest absolute Gasteiger partial charge is 0.305 e. The number of hydrogen-bond donors (Lipinski definition) is 1. The lowest BCUT2D eigenvalue weighted by molar-refractivity contribution is -0.143. The van der Waals surface area contributed by atoms with Gasteiger partial charge in [0, 0.05) is 18.5 Å². The fourth-order valence-electron chi connectivity index (χ4n) is 1.96. The molecule has 0 saturated carbocycles. The Bertz CT molecular complexity index is 457. The summed E-state index contributed by atoms with van der Waals surface area (Å²) in [6.07, 6.45) is 3.92. The molecule has 0 unspecified atom stereocenters. The Morgan fingerprint density at radius 3 is 2.57 bits per heavy atom. The molecule has 0 aromatic heterocycles. The number of carbonyl (C=O) groups excluding carboxylic acids is 2. The number of carbonyl (C=O) groups is 2. The second kappa shape index (κ2) is 9.97. The van der Waals surface area contributed by atoms with Gasteiger partial charge in [-0.05, 0) is 30.9 Å². The molecule has 1 aromatic carbocycles. The Kier molecular flexibility index (Phi) is 8.17. The second-order valence-electron chi connectivity index (χ2n) is 4.99. The van der Waals surface area contributed by atoms with E-state index < -0.39 is 0 Å². The minimum atomic E-state index is -0.217. The minimum absolute atomic E-state index is 0.0581. The highest BCUT2D eigenvalue weighted by molar-refractivity contribution is 5.91. The first-order valence-corrected chi connectivity index (χ1v) is 7.70. The number of anilines is 1. The van der Waals surface area contributed by atoms with Crippen molar-refractivity contribution in [3.8, 4) is 0 Å². The summed E-state index contributed by atoms with van der Waals surface area (Å²) in [6, 6.07) is 7.76. The Morgan fingerprint density at radius 1 is 1.10 bits per heavy atom. The topological polar surface area (TPSA) is 55.4 Å². The molecule has 21 heavy (non-hydrogen) atoms. The highest BCUT2D eigenvalue weighted by Crippen LogP contribution is 2.16. The molecule has 0 heterocycles. The average molecular weight is 291 g/mol. The van der Waals surface area contributed by atoms with E-state index in [1.807, 2.05) is 31.2 Å². The summed E-state index contributed by atoms with van der Waals surface area (Å²) in [5.41, 5.74) is 1.97. The largest absolute Gasteiger partial charge is 0.466 e. The fraction of sp³-hybridized carbons (Fsp3) is 0.529. The number of ether oxygens (including phenoxy) is 1. The summed E-state index contributed by atoms with van der Waals surface area (Å²) in [7, 11) is 0. The van der Waals surface area contributed by atoms with E-state index in [4.69, 9.17) is 4.74 Å². The van der Waals surface area contributed by atoms with E-state index >= 15 is 0 Å². The van der Waals surface area contributed by atoms with Crippen LogP contribution < -0.4 is 5.32 Å². The van der Waals surface area contributed by atoms with Crippen LogP contribution in [0.3, 0.4) is 0 Å². The van der Waals surface area contributed by atoms with Crippen molar-refractivity contribution in [1.29, 1.82) is 0 Å². The van der Waals surface area contributed by atoms with Crippen LogP contribution in [0.25, 0.3) is 0 Å². The minimum Gasteiger partial charge on any atom is -0.466 e. The molecule has 0 bridgehead atoms. The number of aryl methyl sites for hydroxylation is 1. The number of unbranched alkanes of at least 4 members (excludes halogenated alkanes) is 1. The number of nitrogens with one attached hydrogen (secondary N) is 1. The van der Waals surface area contributed by atoms with Crippen molar-refractivity contribution in [1.82, 2.24) is 0 Å². The number of amides is 1. The number of rotatable bonds is 9. The van der Waals surface area contributed by atoms with Gasteiger partial charge in [0.05, 0.1) is 6.61 Å². The van der Waals surface area contributed by atoms with Crippen molar-refractivity contribution in [3.63, 3.8) is 0 Å². The summed E-state index contributed by atoms with van der Waals surface area (Å²) < 4.78 is 5.05. The third-order valence-electron chi connectivity index (χ3n) is 3.22. The van der Waals surface area contributed by atoms with Gasteiger partial charge in [-0.25, -0.2) is 0 Å². The van der Waals surface area contributed by atoms with E-state index in [0.29, 0.717) is 25.9 Å². The number of hydrogen-bond acceptors (Lipinski definition) is 3. The van der Waals surface area contributed by atoms with Crippen LogP contribution >= 0.6 is 0 Å². The van der Waals surface area contributed by atoms with Crippen molar-refractivity contribution in [3.05, 3.63) is 29.8 Å². The third kappa shape index (κ3) is 6.93. The van der Waals surface area contributed by atoms with Crippen LogP contribution in [0.4, 0.5) is 5.69 Å². The molecule has 0 fully saturated rings. The fourth-order valence-corrected chi connectivity index (χ4v) is 1.96. The third-order valence-corrected chi connectivity index (χ3v) is 3.22. The Labute approximate surface area is 126 Å². The molecule has 4 heteroatoms. The van der Waals surface area contributed by atoms with Gasteiger partial charge in [-0.15, -0.1) is 0 Å². The molecule has 0 aliphatic rings. The predicted octanol–water partition coefficient (Wildman–Crippen LogP) is 3.70. The SMILES string of the molecule is CCCCOC(=O)CCCC(=O)Nc1ccccc1CC. The molecule has 0 saturated heterocycles. The van der Waals surface area contributed by atoms with E-state index in [0.717, 1.165) is 30.5 Å². The Morgan fingerprint density at radius 2 is 1.86 bits per heavy atom. The first-order chi connectivity index (χ1) is 10.2. The van der Waals surface area contributed by atoms with Crippen LogP contribution in [-0.4, -0.2) is 18.5 Å². The van der Waals surface area contributed by atoms with Crippen molar-refractivity contribution in [2.45, 2.75) is 52.4 Å². The molecular weight excluding hydrogens is 266 g/mol. The zero-order valence-corrected chi connectivity index (χ0v) is 13.0. The van der Waals surface area contributed by atoms with E-state index in [2.05, 4.69) is 12.2 Å². The maximum absolute atomic E-state index is 11.9. The second-order valence-corrected chi connectivity index (χ2v) is 4.99. The van der Waals surface area contributed by atoms with Crippen LogP contribution in [0, 0.1) is 0 Å². The van der Waals surface area contributed by atoms with Crippen LogP contribution in [-0.2, 0) is 20.7 Å². The molecule has 1 aromatic rings. The monoisotopic (exact) mass is 291 g/mol. The highest BCUT2D eigenvalue weighted by atomic mass is 16.5. The van der Waals surface area contributed by atoms with Gasteiger partial charge < -0.3 is 10.1 Å². The van der Waals surface area contributed by atoms with Crippen LogP contribution in [0.1, 0.15) is 51.5 Å². The molecule has 0 atom stereocenters. The van der Waals surface area contributed by atoms with Crippen LogP contribution in [0.15, 0.2) is 24.3 Å². The lowest BCUT2D eigenvalue weighted by atomic mass is 10.1. The lowest BCUT2D eigenvalue weighted by Crippen LogP contribution is -2.14. The normalized spacial score (nSPS) is 10.2. The molecule has 0 aliphatic heterocycles. The zero-order valence-electron chi connectivity index (χ0n) is 13.0. The molecule has 4 nitrogen and oxygen atoms in total. The standard InChI is InChI=1S/C17H25NO3/c1-3-5-13-21-17(20)12-8-11-16(19)18-15-10-7-6-9-14(15)4-2/h6-7,9-10H,3-5,8,11-13H2,1-2H3,(H,18,19). The van der Waals surface area contributed by atoms with Crippen LogP contribution in [0.5, 0.6) is 0 Å². The Balaban J connectivity index is 2.26. The van der Waals surface area contributed by atoms with Gasteiger partial charge in [0.2, 0.25) is 5.91 Å². The molecule has 1 rings (SSSR count). The number of para-hydroxylation sites is 1.